The van der Waals surface area contributed by atoms with Gasteiger partial charge in [0.25, 0.3) is 0 Å². The molecular formula is C54H50N2. The molecule has 2 heteroatoms. The molecule has 0 radical (unpaired) electrons. The Hall–Kier alpha value is -6.12. The summed E-state index contributed by atoms with van der Waals surface area (Å²) in [6, 6.07) is 44.7. The maximum absolute atomic E-state index is 2.48. The summed E-state index contributed by atoms with van der Waals surface area (Å²) in [7, 11) is 0. The van der Waals surface area contributed by atoms with Crippen LogP contribution in [0.3, 0.4) is 0 Å². The standard InChI is InChI=1S/C54H50N2/c1-53(2)36-16-6-5-9-17-41-28-33-46(37-51(41)53)55(42-18-10-7-11-19-42)44-29-24-39(25-30-44)40-26-31-45(32-27-40)56(43-20-12-8-13-21-43)47-34-35-49-48-22-14-15-23-50(48)54(3,4)52(49)38-47/h5-24,26,28-29,31,33-38H,25,27,30,32H2,1-4H3. The molecule has 0 saturated heterocycles. The van der Waals surface area contributed by atoms with Gasteiger partial charge in [0.05, 0.1) is 0 Å². The van der Waals surface area contributed by atoms with Crippen LogP contribution < -0.4 is 9.80 Å². The number of benzene rings is 5. The summed E-state index contributed by atoms with van der Waals surface area (Å²) in [5, 5.41) is 0. The summed E-state index contributed by atoms with van der Waals surface area (Å²) >= 11 is 0. The van der Waals surface area contributed by atoms with E-state index in [1.807, 2.05) is 0 Å². The van der Waals surface area contributed by atoms with Crippen LogP contribution >= 0.6 is 0 Å². The van der Waals surface area contributed by atoms with Crippen LogP contribution in [0.25, 0.3) is 17.2 Å². The average Bonchev–Trinajstić information content (AvgIpc) is 3.50. The molecule has 0 aromatic heterocycles. The molecule has 0 atom stereocenters. The van der Waals surface area contributed by atoms with Crippen molar-refractivity contribution < 1.29 is 0 Å². The zero-order chi connectivity index (χ0) is 38.3. The van der Waals surface area contributed by atoms with Crippen molar-refractivity contribution >= 4 is 28.8 Å². The van der Waals surface area contributed by atoms with Gasteiger partial charge in [0.2, 0.25) is 0 Å². The zero-order valence-corrected chi connectivity index (χ0v) is 33.0. The number of hydrogen-bond donors (Lipinski definition) is 0. The molecule has 0 saturated carbocycles. The van der Waals surface area contributed by atoms with E-state index < -0.39 is 0 Å². The Kier molecular flexibility index (Phi) is 9.22. The monoisotopic (exact) mass is 726 g/mol. The Morgan fingerprint density at radius 2 is 0.964 bits per heavy atom. The second-order valence-corrected chi connectivity index (χ2v) is 16.5. The van der Waals surface area contributed by atoms with E-state index >= 15 is 0 Å². The fourth-order valence-electron chi connectivity index (χ4n) is 9.17. The van der Waals surface area contributed by atoms with Crippen molar-refractivity contribution in [3.05, 3.63) is 221 Å². The van der Waals surface area contributed by atoms with Crippen molar-refractivity contribution in [1.82, 2.24) is 0 Å². The molecule has 0 N–H and O–H groups in total. The first-order chi connectivity index (χ1) is 27.3. The van der Waals surface area contributed by atoms with E-state index in [-0.39, 0.29) is 10.8 Å². The second kappa shape index (κ2) is 14.5. The molecule has 5 aromatic rings. The summed E-state index contributed by atoms with van der Waals surface area (Å²) < 4.78 is 0. The number of para-hydroxylation sites is 2. The van der Waals surface area contributed by atoms with Gasteiger partial charge in [0.1, 0.15) is 0 Å². The highest BCUT2D eigenvalue weighted by molar-refractivity contribution is 5.84. The van der Waals surface area contributed by atoms with Gasteiger partial charge in [-0.15, -0.1) is 0 Å². The van der Waals surface area contributed by atoms with Crippen LogP contribution in [0, 0.1) is 0 Å². The van der Waals surface area contributed by atoms with E-state index in [0.29, 0.717) is 0 Å². The van der Waals surface area contributed by atoms with Crippen LogP contribution in [0.5, 0.6) is 0 Å². The van der Waals surface area contributed by atoms with Gasteiger partial charge in [0.15, 0.2) is 0 Å². The first kappa shape index (κ1) is 35.6. The van der Waals surface area contributed by atoms with Crippen molar-refractivity contribution in [2.24, 2.45) is 0 Å². The fraction of sp³-hybridized carbons (Fsp3) is 0.185. The van der Waals surface area contributed by atoms with Gasteiger partial charge in [0, 0.05) is 45.0 Å². The van der Waals surface area contributed by atoms with E-state index in [9.17, 15) is 0 Å². The smallest absolute Gasteiger partial charge is 0.0461 e. The third-order valence-corrected chi connectivity index (χ3v) is 12.2. The minimum atomic E-state index is -0.111. The maximum atomic E-state index is 2.48. The molecule has 4 aliphatic rings. The van der Waals surface area contributed by atoms with Gasteiger partial charge >= 0.3 is 0 Å². The van der Waals surface area contributed by atoms with Crippen LogP contribution in [-0.2, 0) is 10.8 Å². The van der Waals surface area contributed by atoms with Crippen molar-refractivity contribution in [3.63, 3.8) is 0 Å². The summed E-state index contributed by atoms with van der Waals surface area (Å²) in [4.78, 5) is 4.94. The van der Waals surface area contributed by atoms with Crippen molar-refractivity contribution in [2.45, 2.75) is 64.2 Å². The van der Waals surface area contributed by atoms with Crippen molar-refractivity contribution in [1.29, 1.82) is 0 Å². The third-order valence-electron chi connectivity index (χ3n) is 12.2. The third kappa shape index (κ3) is 6.54. The lowest BCUT2D eigenvalue weighted by Crippen LogP contribution is -2.21. The van der Waals surface area contributed by atoms with Gasteiger partial charge < -0.3 is 9.80 Å². The van der Waals surface area contributed by atoms with Crippen LogP contribution in [0.15, 0.2) is 199 Å². The molecule has 56 heavy (non-hydrogen) atoms. The molecule has 4 aliphatic carbocycles. The average molecular weight is 727 g/mol. The summed E-state index contributed by atoms with van der Waals surface area (Å²) in [5.74, 6) is 0. The van der Waals surface area contributed by atoms with Gasteiger partial charge in [-0.05, 0) is 131 Å². The lowest BCUT2D eigenvalue weighted by atomic mass is 9.81. The molecule has 0 fully saturated rings. The van der Waals surface area contributed by atoms with Crippen molar-refractivity contribution in [3.8, 4) is 11.1 Å². The van der Waals surface area contributed by atoms with Crippen LogP contribution in [0.2, 0.25) is 0 Å². The van der Waals surface area contributed by atoms with E-state index in [1.165, 1.54) is 78.7 Å². The molecule has 0 amide bonds. The molecule has 0 aliphatic heterocycles. The maximum Gasteiger partial charge on any atom is 0.0461 e. The first-order valence-corrected chi connectivity index (χ1v) is 20.2. The van der Waals surface area contributed by atoms with E-state index in [4.69, 9.17) is 0 Å². The highest BCUT2D eigenvalue weighted by Crippen LogP contribution is 2.50. The Balaban J connectivity index is 1.04. The summed E-state index contributed by atoms with van der Waals surface area (Å²) in [6.45, 7) is 9.35. The number of nitrogens with zero attached hydrogens (tertiary/aromatic N) is 2. The SMILES string of the molecule is CC1(C)C=CC=CC=Cc2ccc(N(C3=CC=C(C4=CC=C(N(c5ccccc5)c5ccc6c(c5)C(C)(C)c5ccccc5-6)CC4)CC3)c3ccccc3)cc21. The molecule has 0 unspecified atom stereocenters. The topological polar surface area (TPSA) is 6.48 Å². The Bertz CT molecular complexity index is 2520. The highest BCUT2D eigenvalue weighted by Gasteiger charge is 2.36. The Morgan fingerprint density at radius 1 is 0.429 bits per heavy atom. The molecule has 5 aromatic carbocycles. The molecule has 9 rings (SSSR count). The number of hydrogen-bond acceptors (Lipinski definition) is 2. The van der Waals surface area contributed by atoms with Crippen LogP contribution in [0.4, 0.5) is 22.7 Å². The number of fused-ring (bicyclic) bond motifs is 4. The molecule has 276 valence electrons. The minimum Gasteiger partial charge on any atom is -0.314 e. The summed E-state index contributed by atoms with van der Waals surface area (Å²) in [5.41, 5.74) is 18.3. The van der Waals surface area contributed by atoms with E-state index in [1.54, 1.807) is 0 Å². The minimum absolute atomic E-state index is 0.0463. The second-order valence-electron chi connectivity index (χ2n) is 16.5. The quantitative estimate of drug-likeness (QED) is 0.165. The first-order valence-electron chi connectivity index (χ1n) is 20.2. The largest absolute Gasteiger partial charge is 0.314 e. The molecule has 2 nitrogen and oxygen atoms in total. The van der Waals surface area contributed by atoms with E-state index in [0.717, 1.165) is 25.7 Å². The lowest BCUT2D eigenvalue weighted by Gasteiger charge is -2.33. The van der Waals surface area contributed by atoms with Gasteiger partial charge in [-0.25, -0.2) is 0 Å². The normalized spacial score (nSPS) is 17.5. The highest BCUT2D eigenvalue weighted by atomic mass is 15.2. The Labute approximate surface area is 333 Å². The fourth-order valence-corrected chi connectivity index (χ4v) is 9.17. The number of anilines is 4. The summed E-state index contributed by atoms with van der Waals surface area (Å²) in [6.07, 6.45) is 26.6. The lowest BCUT2D eigenvalue weighted by molar-refractivity contribution is 0.660. The van der Waals surface area contributed by atoms with Crippen LogP contribution in [0.1, 0.15) is 75.6 Å². The van der Waals surface area contributed by atoms with E-state index in [2.05, 4.69) is 220 Å². The molecule has 0 bridgehead atoms. The molecule has 0 heterocycles. The van der Waals surface area contributed by atoms with Gasteiger partial charge in [-0.3, -0.25) is 0 Å². The zero-order valence-electron chi connectivity index (χ0n) is 33.0. The van der Waals surface area contributed by atoms with Crippen LogP contribution in [-0.4, -0.2) is 0 Å². The van der Waals surface area contributed by atoms with Gasteiger partial charge in [-0.1, -0.05) is 149 Å². The molecular weight excluding hydrogens is 677 g/mol. The predicted molar refractivity (Wildman–Crippen MR) is 239 cm³/mol. The Morgan fingerprint density at radius 3 is 1.57 bits per heavy atom. The predicted octanol–water partition coefficient (Wildman–Crippen LogP) is 14.6. The van der Waals surface area contributed by atoms with Gasteiger partial charge in [-0.2, -0.15) is 0 Å². The molecule has 0 spiro atoms. The number of allylic oxidation sites excluding steroid dienone is 13. The van der Waals surface area contributed by atoms with Crippen molar-refractivity contribution in [2.75, 3.05) is 9.80 Å². The number of rotatable bonds is 7.